The Hall–Kier alpha value is -1.31. The lowest BCUT2D eigenvalue weighted by Gasteiger charge is -2.12. The summed E-state index contributed by atoms with van der Waals surface area (Å²) in [7, 11) is -3.37. The van der Waals surface area contributed by atoms with E-state index in [2.05, 4.69) is 15.4 Å². The lowest BCUT2D eigenvalue weighted by Crippen LogP contribution is -2.17. The molecule has 0 bridgehead atoms. The number of nitrogens with one attached hydrogen (secondary N) is 3. The van der Waals surface area contributed by atoms with Crippen LogP contribution in [0.15, 0.2) is 24.3 Å². The van der Waals surface area contributed by atoms with Crippen LogP contribution < -0.4 is 15.4 Å². The van der Waals surface area contributed by atoms with Crippen LogP contribution >= 0.6 is 12.4 Å². The Kier molecular flexibility index (Phi) is 7.12. The van der Waals surface area contributed by atoms with Gasteiger partial charge in [0.15, 0.2) is 0 Å². The molecule has 1 amide bonds. The Bertz CT molecular complexity index is 601. The van der Waals surface area contributed by atoms with Crippen LogP contribution in [0.1, 0.15) is 19.3 Å². The van der Waals surface area contributed by atoms with Gasteiger partial charge >= 0.3 is 0 Å². The van der Waals surface area contributed by atoms with Gasteiger partial charge in [-0.15, -0.1) is 12.4 Å². The Labute approximate surface area is 137 Å². The van der Waals surface area contributed by atoms with E-state index in [1.165, 1.54) is 0 Å². The lowest BCUT2D eigenvalue weighted by molar-refractivity contribution is -0.116. The summed E-state index contributed by atoms with van der Waals surface area (Å²) in [6.07, 6.45) is 3.48. The molecule has 0 spiro atoms. The van der Waals surface area contributed by atoms with Crippen molar-refractivity contribution in [2.75, 3.05) is 29.4 Å². The second-order valence-electron chi connectivity index (χ2n) is 5.37. The minimum Gasteiger partial charge on any atom is -0.324 e. The number of hydrogen-bond acceptors (Lipinski definition) is 4. The number of benzene rings is 1. The van der Waals surface area contributed by atoms with Gasteiger partial charge in [-0.25, -0.2) is 8.42 Å². The predicted octanol–water partition coefficient (Wildman–Crippen LogP) is 1.81. The molecule has 0 saturated carbocycles. The van der Waals surface area contributed by atoms with Crippen LogP contribution in [0.5, 0.6) is 0 Å². The first-order valence-corrected chi connectivity index (χ1v) is 8.90. The van der Waals surface area contributed by atoms with Crippen molar-refractivity contribution in [3.63, 3.8) is 0 Å². The van der Waals surface area contributed by atoms with Gasteiger partial charge in [0.2, 0.25) is 15.9 Å². The van der Waals surface area contributed by atoms with Crippen LogP contribution in [-0.2, 0) is 14.8 Å². The molecule has 1 heterocycles. The van der Waals surface area contributed by atoms with Crippen molar-refractivity contribution in [1.82, 2.24) is 5.32 Å². The molecule has 3 N–H and O–H groups in total. The van der Waals surface area contributed by atoms with E-state index in [1.807, 2.05) is 0 Å². The first kappa shape index (κ1) is 18.7. The first-order valence-electron chi connectivity index (χ1n) is 7.01. The number of rotatable bonds is 6. The first-order chi connectivity index (χ1) is 9.94. The number of sulfonamides is 1. The fourth-order valence-corrected chi connectivity index (χ4v) is 2.97. The van der Waals surface area contributed by atoms with Gasteiger partial charge in [0.1, 0.15) is 0 Å². The van der Waals surface area contributed by atoms with Crippen molar-refractivity contribution in [3.8, 4) is 0 Å². The summed E-state index contributed by atoms with van der Waals surface area (Å²) in [5.41, 5.74) is 0.869. The summed E-state index contributed by atoms with van der Waals surface area (Å²) in [6.45, 7) is 1.99. The summed E-state index contributed by atoms with van der Waals surface area (Å²) in [5.74, 6) is 0.463. The van der Waals surface area contributed by atoms with E-state index in [-0.39, 0.29) is 18.3 Å². The third-order valence-corrected chi connectivity index (χ3v) is 4.03. The second kappa shape index (κ2) is 8.36. The number of carbonyl (C=O) groups is 1. The van der Waals surface area contributed by atoms with Crippen molar-refractivity contribution >= 4 is 39.7 Å². The smallest absolute Gasteiger partial charge is 0.229 e. The summed E-state index contributed by atoms with van der Waals surface area (Å²) >= 11 is 0. The highest BCUT2D eigenvalue weighted by atomic mass is 35.5. The molecule has 1 aromatic carbocycles. The Balaban J connectivity index is 0.00000242. The predicted molar refractivity (Wildman–Crippen MR) is 91.0 cm³/mol. The van der Waals surface area contributed by atoms with Crippen molar-refractivity contribution in [1.29, 1.82) is 0 Å². The molecule has 22 heavy (non-hydrogen) atoms. The van der Waals surface area contributed by atoms with E-state index in [4.69, 9.17) is 0 Å². The standard InChI is InChI=1S/C14H21N3O3S.ClH/c1-21(19,20)17-13-5-3-2-4-12(13)16-14(18)7-6-11-8-9-15-10-11;/h2-5,11,15,17H,6-10H2,1H3,(H,16,18);1H. The maximum absolute atomic E-state index is 12.0. The van der Waals surface area contributed by atoms with Crippen LogP contribution in [0.3, 0.4) is 0 Å². The molecule has 1 aliphatic rings. The van der Waals surface area contributed by atoms with Crippen LogP contribution in [0.25, 0.3) is 0 Å². The van der Waals surface area contributed by atoms with Gasteiger partial charge in [-0.05, 0) is 44.0 Å². The highest BCUT2D eigenvalue weighted by Crippen LogP contribution is 2.22. The number of carbonyl (C=O) groups excluding carboxylic acids is 1. The molecule has 1 saturated heterocycles. The summed E-state index contributed by atoms with van der Waals surface area (Å²) in [4.78, 5) is 12.0. The number of amides is 1. The van der Waals surface area contributed by atoms with Crippen molar-refractivity contribution in [2.45, 2.75) is 19.3 Å². The van der Waals surface area contributed by atoms with Crippen LogP contribution in [0.2, 0.25) is 0 Å². The molecule has 124 valence electrons. The lowest BCUT2D eigenvalue weighted by atomic mass is 10.0. The third-order valence-electron chi connectivity index (χ3n) is 3.44. The zero-order valence-electron chi connectivity index (χ0n) is 12.5. The van der Waals surface area contributed by atoms with Crippen molar-refractivity contribution in [2.24, 2.45) is 5.92 Å². The average molecular weight is 348 g/mol. The largest absolute Gasteiger partial charge is 0.324 e. The quantitative estimate of drug-likeness (QED) is 0.732. The van der Waals surface area contributed by atoms with Gasteiger partial charge in [-0.1, -0.05) is 12.1 Å². The van der Waals surface area contributed by atoms with Gasteiger partial charge in [0.05, 0.1) is 17.6 Å². The summed E-state index contributed by atoms with van der Waals surface area (Å²) < 4.78 is 25.0. The van der Waals surface area contributed by atoms with E-state index >= 15 is 0 Å². The minimum atomic E-state index is -3.37. The van der Waals surface area contributed by atoms with Crippen LogP contribution in [-0.4, -0.2) is 33.7 Å². The number of para-hydroxylation sites is 2. The third kappa shape index (κ3) is 6.21. The zero-order chi connectivity index (χ0) is 15.3. The molecule has 0 radical (unpaired) electrons. The normalized spacial score (nSPS) is 17.6. The maximum atomic E-state index is 12.0. The molecule has 1 atom stereocenters. The highest BCUT2D eigenvalue weighted by Gasteiger charge is 2.16. The molecule has 6 nitrogen and oxygen atoms in total. The fraction of sp³-hybridized carbons (Fsp3) is 0.500. The number of hydrogen-bond donors (Lipinski definition) is 3. The van der Waals surface area contributed by atoms with Gasteiger partial charge < -0.3 is 10.6 Å². The fourth-order valence-electron chi connectivity index (χ4n) is 2.39. The molecular weight excluding hydrogens is 326 g/mol. The molecule has 8 heteroatoms. The molecule has 2 rings (SSSR count). The summed E-state index contributed by atoms with van der Waals surface area (Å²) in [5, 5.41) is 6.04. The summed E-state index contributed by atoms with van der Waals surface area (Å²) in [6, 6.07) is 6.78. The molecular formula is C14H22ClN3O3S. The zero-order valence-corrected chi connectivity index (χ0v) is 14.1. The molecule has 1 aromatic rings. The van der Waals surface area contributed by atoms with E-state index in [9.17, 15) is 13.2 Å². The van der Waals surface area contributed by atoms with Gasteiger partial charge in [0.25, 0.3) is 0 Å². The van der Waals surface area contributed by atoms with E-state index in [0.29, 0.717) is 23.7 Å². The molecule has 0 aliphatic carbocycles. The molecule has 1 aliphatic heterocycles. The average Bonchev–Trinajstić information content (AvgIpc) is 2.90. The second-order valence-corrected chi connectivity index (χ2v) is 7.11. The SMILES string of the molecule is CS(=O)(=O)Nc1ccccc1NC(=O)CCC1CCNC1.Cl. The van der Waals surface area contributed by atoms with E-state index < -0.39 is 10.0 Å². The Morgan fingerprint density at radius 3 is 2.59 bits per heavy atom. The van der Waals surface area contributed by atoms with Crippen LogP contribution in [0, 0.1) is 5.92 Å². The van der Waals surface area contributed by atoms with E-state index in [0.717, 1.165) is 32.2 Å². The Morgan fingerprint density at radius 2 is 2.00 bits per heavy atom. The van der Waals surface area contributed by atoms with Gasteiger partial charge in [-0.3, -0.25) is 9.52 Å². The van der Waals surface area contributed by atoms with E-state index in [1.54, 1.807) is 24.3 Å². The highest BCUT2D eigenvalue weighted by molar-refractivity contribution is 7.92. The van der Waals surface area contributed by atoms with Crippen molar-refractivity contribution < 1.29 is 13.2 Å². The molecule has 1 fully saturated rings. The van der Waals surface area contributed by atoms with Crippen LogP contribution in [0.4, 0.5) is 11.4 Å². The van der Waals surface area contributed by atoms with Gasteiger partial charge in [-0.2, -0.15) is 0 Å². The number of anilines is 2. The minimum absolute atomic E-state index is 0. The monoisotopic (exact) mass is 347 g/mol. The van der Waals surface area contributed by atoms with Gasteiger partial charge in [0, 0.05) is 6.42 Å². The maximum Gasteiger partial charge on any atom is 0.229 e. The topological polar surface area (TPSA) is 87.3 Å². The molecule has 1 unspecified atom stereocenters. The number of halogens is 1. The molecule has 0 aromatic heterocycles. The Morgan fingerprint density at radius 1 is 1.32 bits per heavy atom. The van der Waals surface area contributed by atoms with Crippen molar-refractivity contribution in [3.05, 3.63) is 24.3 Å².